The highest BCUT2D eigenvalue weighted by molar-refractivity contribution is 7.89. The van der Waals surface area contributed by atoms with E-state index < -0.39 is 15.6 Å². The Balaban J connectivity index is 1.45. The minimum atomic E-state index is -3.60. The summed E-state index contributed by atoms with van der Waals surface area (Å²) in [4.78, 5) is 18.2. The highest BCUT2D eigenvalue weighted by Gasteiger charge is 2.52. The van der Waals surface area contributed by atoms with Gasteiger partial charge in [-0.2, -0.15) is 4.31 Å². The Morgan fingerprint density at radius 1 is 1.29 bits per heavy atom. The van der Waals surface area contributed by atoms with Crippen LogP contribution in [-0.4, -0.2) is 60.5 Å². The van der Waals surface area contributed by atoms with Crippen molar-refractivity contribution < 1.29 is 17.9 Å². The monoisotopic (exact) mass is 443 g/mol. The van der Waals surface area contributed by atoms with Crippen molar-refractivity contribution in [2.75, 3.05) is 26.2 Å². The van der Waals surface area contributed by atoms with Gasteiger partial charge in [-0.1, -0.05) is 11.6 Å². The van der Waals surface area contributed by atoms with Crippen LogP contribution in [0.25, 0.3) is 10.2 Å². The number of rotatable bonds is 2. The molecule has 1 aromatic heterocycles. The Hall–Kier alpha value is -1.42. The topological polar surface area (TPSA) is 79.8 Å². The average molecular weight is 444 g/mol. The van der Waals surface area contributed by atoms with Crippen molar-refractivity contribution in [2.24, 2.45) is 5.41 Å². The van der Waals surface area contributed by atoms with E-state index in [1.807, 2.05) is 20.8 Å². The summed E-state index contributed by atoms with van der Waals surface area (Å²) in [5, 5.41) is 0. The molecule has 4 rings (SSSR count). The first-order chi connectivity index (χ1) is 13.0. The number of aromatic nitrogens is 1. The van der Waals surface area contributed by atoms with E-state index in [1.165, 1.54) is 15.6 Å². The van der Waals surface area contributed by atoms with Gasteiger partial charge in [-0.15, -0.1) is 11.3 Å². The first-order valence-corrected chi connectivity index (χ1v) is 11.7. The highest BCUT2D eigenvalue weighted by Crippen LogP contribution is 2.42. The summed E-state index contributed by atoms with van der Waals surface area (Å²) in [5.41, 5.74) is -0.0239. The molecule has 2 aliphatic rings. The predicted molar refractivity (Wildman–Crippen MR) is 108 cm³/mol. The molecule has 3 heterocycles. The number of carbonyl (C=O) groups excluding carboxylic acids is 1. The molecule has 1 spiro atoms. The lowest BCUT2D eigenvalue weighted by Crippen LogP contribution is -2.60. The zero-order chi connectivity index (χ0) is 20.3. The summed E-state index contributed by atoms with van der Waals surface area (Å²) in [5.74, 6) is 0. The van der Waals surface area contributed by atoms with Crippen LogP contribution in [-0.2, 0) is 14.8 Å². The van der Waals surface area contributed by atoms with Crippen molar-refractivity contribution in [1.29, 1.82) is 0 Å². The largest absolute Gasteiger partial charge is 0.444 e. The second kappa shape index (κ2) is 6.55. The van der Waals surface area contributed by atoms with Crippen LogP contribution in [0.1, 0.15) is 27.2 Å². The zero-order valence-corrected chi connectivity index (χ0v) is 18.3. The van der Waals surface area contributed by atoms with Gasteiger partial charge in [0, 0.05) is 31.6 Å². The van der Waals surface area contributed by atoms with Crippen molar-refractivity contribution in [3.8, 4) is 0 Å². The summed E-state index contributed by atoms with van der Waals surface area (Å²) in [6.07, 6.45) is 0.395. The van der Waals surface area contributed by atoms with Gasteiger partial charge in [0.2, 0.25) is 10.0 Å². The van der Waals surface area contributed by atoms with E-state index in [9.17, 15) is 13.2 Å². The minimum absolute atomic E-state index is 0.179. The number of nitrogens with zero attached hydrogens (tertiary/aromatic N) is 3. The highest BCUT2D eigenvalue weighted by atomic mass is 35.5. The van der Waals surface area contributed by atoms with E-state index in [4.69, 9.17) is 16.3 Å². The average Bonchev–Trinajstić information content (AvgIpc) is 3.14. The Morgan fingerprint density at radius 3 is 2.68 bits per heavy atom. The number of hydrogen-bond acceptors (Lipinski definition) is 6. The molecule has 0 aliphatic carbocycles. The molecule has 1 aromatic carbocycles. The first-order valence-electron chi connectivity index (χ1n) is 9.02. The van der Waals surface area contributed by atoms with E-state index in [2.05, 4.69) is 4.98 Å². The lowest BCUT2D eigenvalue weighted by molar-refractivity contribution is -0.0286. The molecule has 2 fully saturated rings. The summed E-state index contributed by atoms with van der Waals surface area (Å²) < 4.78 is 34.2. The fourth-order valence-electron chi connectivity index (χ4n) is 3.76. The van der Waals surface area contributed by atoms with Crippen LogP contribution < -0.4 is 0 Å². The Morgan fingerprint density at radius 2 is 2.00 bits per heavy atom. The molecule has 2 aliphatic heterocycles. The number of sulfonamides is 1. The standard InChI is InChI=1S/C18H22ClN3O4S2/c1-17(2,3)26-16(23)21-9-18(10-21)6-7-22(11-18)28(24,25)12-4-5-13-14(8-12)27-15(19)20-13/h4-5,8H,6-7,9-11H2,1-3H3. The third kappa shape index (κ3) is 3.60. The molecule has 0 atom stereocenters. The maximum atomic E-state index is 13.1. The van der Waals surface area contributed by atoms with Gasteiger partial charge >= 0.3 is 6.09 Å². The lowest BCUT2D eigenvalue weighted by Gasteiger charge is -2.47. The van der Waals surface area contributed by atoms with Crippen LogP contribution in [0.5, 0.6) is 0 Å². The Labute approximate surface area is 173 Å². The van der Waals surface area contributed by atoms with Gasteiger partial charge < -0.3 is 9.64 Å². The van der Waals surface area contributed by atoms with Crippen LogP contribution in [0, 0.1) is 5.41 Å². The third-order valence-electron chi connectivity index (χ3n) is 5.08. The number of halogens is 1. The summed E-state index contributed by atoms with van der Waals surface area (Å²) in [6, 6.07) is 4.89. The number of amides is 1. The van der Waals surface area contributed by atoms with Gasteiger partial charge in [-0.25, -0.2) is 18.2 Å². The molecule has 2 saturated heterocycles. The quantitative estimate of drug-likeness (QED) is 0.708. The summed E-state index contributed by atoms with van der Waals surface area (Å²) >= 11 is 7.19. The van der Waals surface area contributed by atoms with E-state index in [0.29, 0.717) is 36.2 Å². The van der Waals surface area contributed by atoms with Crippen molar-refractivity contribution in [3.63, 3.8) is 0 Å². The van der Waals surface area contributed by atoms with Gasteiger partial charge in [-0.05, 0) is 45.4 Å². The molecule has 7 nitrogen and oxygen atoms in total. The second-order valence-corrected chi connectivity index (χ2v) is 12.1. The van der Waals surface area contributed by atoms with E-state index in [1.54, 1.807) is 23.1 Å². The number of fused-ring (bicyclic) bond motifs is 1. The maximum absolute atomic E-state index is 13.1. The van der Waals surface area contributed by atoms with Gasteiger partial charge in [0.05, 0.1) is 15.1 Å². The van der Waals surface area contributed by atoms with Crippen LogP contribution in [0.2, 0.25) is 4.47 Å². The van der Waals surface area contributed by atoms with Gasteiger partial charge in [-0.3, -0.25) is 0 Å². The number of likely N-dealkylation sites (tertiary alicyclic amines) is 1. The molecule has 0 unspecified atom stereocenters. The van der Waals surface area contributed by atoms with Gasteiger partial charge in [0.1, 0.15) is 5.60 Å². The lowest BCUT2D eigenvalue weighted by atomic mass is 9.79. The molecular weight excluding hydrogens is 422 g/mol. The number of hydrogen-bond donors (Lipinski definition) is 0. The fraction of sp³-hybridized carbons (Fsp3) is 0.556. The van der Waals surface area contributed by atoms with E-state index in [0.717, 1.165) is 11.1 Å². The Bertz CT molecular complexity index is 1040. The number of thiazole rings is 1. The molecule has 0 saturated carbocycles. The molecule has 1 amide bonds. The number of ether oxygens (including phenoxy) is 1. The molecule has 0 N–H and O–H groups in total. The number of benzene rings is 1. The van der Waals surface area contributed by atoms with Crippen LogP contribution in [0.3, 0.4) is 0 Å². The molecular formula is C18H22ClN3O4S2. The van der Waals surface area contributed by atoms with Crippen molar-refractivity contribution in [2.45, 2.75) is 37.7 Å². The van der Waals surface area contributed by atoms with Crippen molar-refractivity contribution >= 4 is 49.3 Å². The first kappa shape index (κ1) is 19.9. The van der Waals surface area contributed by atoms with Crippen molar-refractivity contribution in [1.82, 2.24) is 14.2 Å². The maximum Gasteiger partial charge on any atom is 0.410 e. The molecule has 0 bridgehead atoms. The van der Waals surface area contributed by atoms with Crippen LogP contribution >= 0.6 is 22.9 Å². The van der Waals surface area contributed by atoms with Gasteiger partial charge in [0.15, 0.2) is 4.47 Å². The van der Waals surface area contributed by atoms with Crippen LogP contribution in [0.4, 0.5) is 4.79 Å². The second-order valence-electron chi connectivity index (χ2n) is 8.52. The van der Waals surface area contributed by atoms with Gasteiger partial charge in [0.25, 0.3) is 0 Å². The molecule has 28 heavy (non-hydrogen) atoms. The molecule has 2 aromatic rings. The SMILES string of the molecule is CC(C)(C)OC(=O)N1CC2(CCN(S(=O)(=O)c3ccc4nc(Cl)sc4c3)C2)C1. The Kier molecular flexibility index (Phi) is 4.65. The molecule has 152 valence electrons. The van der Waals surface area contributed by atoms with E-state index >= 15 is 0 Å². The smallest absolute Gasteiger partial charge is 0.410 e. The number of carbonyl (C=O) groups is 1. The third-order valence-corrected chi connectivity index (χ3v) is 8.04. The molecule has 10 heteroatoms. The minimum Gasteiger partial charge on any atom is -0.444 e. The van der Waals surface area contributed by atoms with Crippen LogP contribution in [0.15, 0.2) is 23.1 Å². The summed E-state index contributed by atoms with van der Waals surface area (Å²) in [6.45, 7) is 7.41. The van der Waals surface area contributed by atoms with Crippen molar-refractivity contribution in [3.05, 3.63) is 22.7 Å². The summed E-state index contributed by atoms with van der Waals surface area (Å²) in [7, 11) is -3.60. The van der Waals surface area contributed by atoms with E-state index in [-0.39, 0.29) is 16.4 Å². The predicted octanol–water partition coefficient (Wildman–Crippen LogP) is 3.58. The normalized spacial score (nSPS) is 19.9. The molecule has 0 radical (unpaired) electrons. The zero-order valence-electron chi connectivity index (χ0n) is 15.9. The fourth-order valence-corrected chi connectivity index (χ4v) is 6.49.